The lowest BCUT2D eigenvalue weighted by atomic mass is 10.0. The van der Waals surface area contributed by atoms with Crippen LogP contribution in [0, 0.1) is 5.92 Å². The van der Waals surface area contributed by atoms with Crippen molar-refractivity contribution in [2.75, 3.05) is 6.54 Å². The maximum absolute atomic E-state index is 12.3. The monoisotopic (exact) mass is 366 g/mol. The highest BCUT2D eigenvalue weighted by molar-refractivity contribution is 8.00. The molecule has 3 N–H and O–H groups in total. The van der Waals surface area contributed by atoms with Crippen molar-refractivity contribution in [2.24, 2.45) is 5.92 Å². The van der Waals surface area contributed by atoms with Gasteiger partial charge in [0.05, 0.1) is 11.8 Å². The van der Waals surface area contributed by atoms with Gasteiger partial charge in [-0.25, -0.2) is 4.79 Å². The van der Waals surface area contributed by atoms with E-state index in [0.29, 0.717) is 12.8 Å². The Bertz CT molecular complexity index is 578. The molecule has 0 aromatic heterocycles. The lowest BCUT2D eigenvalue weighted by molar-refractivity contribution is -0.142. The Morgan fingerprint density at radius 2 is 1.80 bits per heavy atom. The van der Waals surface area contributed by atoms with Crippen LogP contribution in [-0.4, -0.2) is 40.7 Å². The first-order chi connectivity index (χ1) is 11.8. The van der Waals surface area contributed by atoms with E-state index in [9.17, 15) is 14.4 Å². The molecule has 0 aliphatic rings. The molecule has 6 nitrogen and oxygen atoms in total. The summed E-state index contributed by atoms with van der Waals surface area (Å²) < 4.78 is 0. The lowest BCUT2D eigenvalue weighted by Gasteiger charge is -2.18. The summed E-state index contributed by atoms with van der Waals surface area (Å²) >= 11 is 1.44. The number of hydrogen-bond donors (Lipinski definition) is 3. The van der Waals surface area contributed by atoms with Gasteiger partial charge in [-0.2, -0.15) is 0 Å². The second kappa shape index (κ2) is 10.8. The third-order valence-corrected chi connectivity index (χ3v) is 4.82. The van der Waals surface area contributed by atoms with Crippen LogP contribution in [-0.2, 0) is 14.4 Å². The quantitative estimate of drug-likeness (QED) is 0.552. The zero-order chi connectivity index (χ0) is 18.8. The van der Waals surface area contributed by atoms with Gasteiger partial charge < -0.3 is 15.7 Å². The molecule has 138 valence electrons. The topological polar surface area (TPSA) is 95.5 Å². The van der Waals surface area contributed by atoms with Crippen LogP contribution in [0.4, 0.5) is 0 Å². The molecule has 7 heteroatoms. The summed E-state index contributed by atoms with van der Waals surface area (Å²) in [6.45, 7) is 5.45. The van der Waals surface area contributed by atoms with Crippen LogP contribution >= 0.6 is 11.8 Å². The first-order valence-electron chi connectivity index (χ1n) is 8.35. The highest BCUT2D eigenvalue weighted by atomic mass is 32.2. The minimum Gasteiger partial charge on any atom is -0.480 e. The van der Waals surface area contributed by atoms with Gasteiger partial charge in [0.1, 0.15) is 6.04 Å². The van der Waals surface area contributed by atoms with Crippen molar-refractivity contribution in [3.8, 4) is 0 Å². The number of carboxylic acid groups (broad SMARTS) is 1. The Hall–Kier alpha value is -2.02. The van der Waals surface area contributed by atoms with Gasteiger partial charge in [-0.1, -0.05) is 39.0 Å². The number of aliphatic carboxylic acids is 1. The maximum Gasteiger partial charge on any atom is 0.326 e. The molecule has 0 bridgehead atoms. The zero-order valence-corrected chi connectivity index (χ0v) is 15.6. The zero-order valence-electron chi connectivity index (χ0n) is 14.8. The van der Waals surface area contributed by atoms with E-state index in [1.807, 2.05) is 51.1 Å². The molecule has 1 aromatic rings. The predicted octanol–water partition coefficient (Wildman–Crippen LogP) is 2.29. The van der Waals surface area contributed by atoms with Gasteiger partial charge >= 0.3 is 5.97 Å². The molecule has 0 fully saturated rings. The molecule has 0 heterocycles. The number of benzene rings is 1. The average Bonchev–Trinajstić information content (AvgIpc) is 2.57. The van der Waals surface area contributed by atoms with Crippen LogP contribution in [0.2, 0.25) is 0 Å². The molecular weight excluding hydrogens is 340 g/mol. The SMILES string of the molecule is CCC(Sc1ccccc1)C(=O)NCC(=O)N[C@@H](CC(C)C)C(=O)O. The standard InChI is InChI=1S/C18H26N2O4S/c1-4-15(25-13-8-6-5-7-9-13)17(22)19-11-16(21)20-14(18(23)24)10-12(2)3/h5-9,12,14-15H,4,10-11H2,1-3H3,(H,19,22)(H,20,21)(H,23,24)/t14-,15?/m0/s1. The molecule has 0 aliphatic heterocycles. The minimum atomic E-state index is -1.07. The fourth-order valence-electron chi connectivity index (χ4n) is 2.21. The third-order valence-electron chi connectivity index (χ3n) is 3.45. The van der Waals surface area contributed by atoms with E-state index in [-0.39, 0.29) is 23.6 Å². The third kappa shape index (κ3) is 8.07. The van der Waals surface area contributed by atoms with Crippen LogP contribution < -0.4 is 10.6 Å². The molecule has 1 rings (SSSR count). The Morgan fingerprint density at radius 3 is 2.32 bits per heavy atom. The van der Waals surface area contributed by atoms with Crippen molar-refractivity contribution >= 4 is 29.5 Å². The number of rotatable bonds is 10. The summed E-state index contributed by atoms with van der Waals surface area (Å²) in [5.41, 5.74) is 0. The van der Waals surface area contributed by atoms with E-state index in [1.54, 1.807) is 0 Å². The second-order valence-electron chi connectivity index (χ2n) is 6.13. The summed E-state index contributed by atoms with van der Waals surface area (Å²) in [7, 11) is 0. The summed E-state index contributed by atoms with van der Waals surface area (Å²) in [5, 5.41) is 13.9. The number of carbonyl (C=O) groups is 3. The number of carbonyl (C=O) groups excluding carboxylic acids is 2. The van der Waals surface area contributed by atoms with E-state index in [0.717, 1.165) is 4.90 Å². The van der Waals surface area contributed by atoms with Gasteiger partial charge in [0.25, 0.3) is 0 Å². The van der Waals surface area contributed by atoms with Crippen molar-refractivity contribution in [1.82, 2.24) is 10.6 Å². The van der Waals surface area contributed by atoms with Crippen LogP contribution in [0.5, 0.6) is 0 Å². The second-order valence-corrected chi connectivity index (χ2v) is 7.41. The smallest absolute Gasteiger partial charge is 0.326 e. The van der Waals surface area contributed by atoms with Crippen molar-refractivity contribution in [1.29, 1.82) is 0 Å². The van der Waals surface area contributed by atoms with Crippen molar-refractivity contribution in [3.05, 3.63) is 30.3 Å². The molecule has 0 radical (unpaired) electrons. The van der Waals surface area contributed by atoms with Crippen molar-refractivity contribution < 1.29 is 19.5 Å². The van der Waals surface area contributed by atoms with E-state index in [4.69, 9.17) is 5.11 Å². The number of carboxylic acids is 1. The highest BCUT2D eigenvalue weighted by Gasteiger charge is 2.22. The predicted molar refractivity (Wildman–Crippen MR) is 98.4 cm³/mol. The molecule has 1 aromatic carbocycles. The van der Waals surface area contributed by atoms with Crippen LogP contribution in [0.15, 0.2) is 35.2 Å². The first kappa shape index (κ1) is 21.0. The fraction of sp³-hybridized carbons (Fsp3) is 0.500. The average molecular weight is 366 g/mol. The summed E-state index contributed by atoms with van der Waals surface area (Å²) in [4.78, 5) is 36.3. The van der Waals surface area contributed by atoms with Gasteiger partial charge in [0, 0.05) is 4.90 Å². The highest BCUT2D eigenvalue weighted by Crippen LogP contribution is 2.24. The van der Waals surface area contributed by atoms with Crippen LogP contribution in [0.1, 0.15) is 33.6 Å². The Kier molecular flexibility index (Phi) is 9.05. The van der Waals surface area contributed by atoms with Gasteiger partial charge in [-0.05, 0) is 30.9 Å². The van der Waals surface area contributed by atoms with Crippen LogP contribution in [0.3, 0.4) is 0 Å². The van der Waals surface area contributed by atoms with Crippen molar-refractivity contribution in [3.63, 3.8) is 0 Å². The molecule has 2 atom stereocenters. The van der Waals surface area contributed by atoms with E-state index in [1.165, 1.54) is 11.8 Å². The summed E-state index contributed by atoms with van der Waals surface area (Å²) in [6.07, 6.45) is 0.967. The van der Waals surface area contributed by atoms with E-state index < -0.39 is 17.9 Å². The van der Waals surface area contributed by atoms with E-state index >= 15 is 0 Å². The van der Waals surface area contributed by atoms with Gasteiger partial charge in [0.2, 0.25) is 11.8 Å². The van der Waals surface area contributed by atoms with Gasteiger partial charge in [-0.3, -0.25) is 9.59 Å². The number of hydrogen-bond acceptors (Lipinski definition) is 4. The fourth-order valence-corrected chi connectivity index (χ4v) is 3.20. The number of nitrogens with one attached hydrogen (secondary N) is 2. The molecule has 0 aliphatic carbocycles. The lowest BCUT2D eigenvalue weighted by Crippen LogP contribution is -2.47. The molecule has 2 amide bonds. The largest absolute Gasteiger partial charge is 0.480 e. The normalized spacial score (nSPS) is 13.1. The Balaban J connectivity index is 2.50. The molecule has 25 heavy (non-hydrogen) atoms. The Morgan fingerprint density at radius 1 is 1.16 bits per heavy atom. The number of thioether (sulfide) groups is 1. The summed E-state index contributed by atoms with van der Waals surface area (Å²) in [6, 6.07) is 8.63. The van der Waals surface area contributed by atoms with Gasteiger partial charge in [0.15, 0.2) is 0 Å². The van der Waals surface area contributed by atoms with E-state index in [2.05, 4.69) is 10.6 Å². The molecule has 0 saturated heterocycles. The molecule has 1 unspecified atom stereocenters. The molecule has 0 spiro atoms. The van der Waals surface area contributed by atoms with Crippen LogP contribution in [0.25, 0.3) is 0 Å². The molecular formula is C18H26N2O4S. The Labute approximate surface area is 152 Å². The molecule has 0 saturated carbocycles. The summed E-state index contributed by atoms with van der Waals surface area (Å²) in [5.74, 6) is -1.66. The van der Waals surface area contributed by atoms with Crippen molar-refractivity contribution in [2.45, 2.75) is 49.8 Å². The first-order valence-corrected chi connectivity index (χ1v) is 9.23. The maximum atomic E-state index is 12.3. The minimum absolute atomic E-state index is 0.141. The number of amides is 2. The van der Waals surface area contributed by atoms with Gasteiger partial charge in [-0.15, -0.1) is 11.8 Å².